The summed E-state index contributed by atoms with van der Waals surface area (Å²) >= 11 is 0. The molecule has 2 rings (SSSR count). The number of para-hydroxylation sites is 1. The minimum atomic E-state index is -1.10. The van der Waals surface area contributed by atoms with Crippen LogP contribution in [0.4, 0.5) is 4.79 Å². The second-order valence-electron chi connectivity index (χ2n) is 7.07. The van der Waals surface area contributed by atoms with Crippen LogP contribution in [0, 0.1) is 20.8 Å². The molecule has 1 heterocycles. The third kappa shape index (κ3) is 4.79. The number of urea groups is 1. The number of hydrogen-bond donors (Lipinski definition) is 2. The molecule has 7 nitrogen and oxygen atoms in total. The minimum absolute atomic E-state index is 0.113. The van der Waals surface area contributed by atoms with Gasteiger partial charge in [0.05, 0.1) is 5.56 Å². The number of rotatable bonds is 5. The molecule has 2 N–H and O–H groups in total. The number of benzene rings is 1. The van der Waals surface area contributed by atoms with Crippen molar-refractivity contribution in [2.75, 3.05) is 0 Å². The number of hydrogen-bond acceptors (Lipinski definition) is 4. The van der Waals surface area contributed by atoms with E-state index >= 15 is 0 Å². The highest BCUT2D eigenvalue weighted by molar-refractivity contribution is 5.99. The number of imide groups is 1. The Labute approximate surface area is 165 Å². The van der Waals surface area contributed by atoms with E-state index in [0.29, 0.717) is 5.56 Å². The molecule has 1 unspecified atom stereocenters. The molecule has 0 fully saturated rings. The zero-order valence-corrected chi connectivity index (χ0v) is 17.1. The lowest BCUT2D eigenvalue weighted by Crippen LogP contribution is -2.46. The van der Waals surface area contributed by atoms with E-state index in [-0.39, 0.29) is 6.04 Å². The molecular formula is C21H27N3O4. The maximum absolute atomic E-state index is 12.6. The van der Waals surface area contributed by atoms with Gasteiger partial charge in [0.2, 0.25) is 0 Å². The molecule has 1 atom stereocenters. The molecule has 0 radical (unpaired) electrons. The number of amides is 3. The first kappa shape index (κ1) is 21.2. The summed E-state index contributed by atoms with van der Waals surface area (Å²) < 4.78 is 7.25. The monoisotopic (exact) mass is 385 g/mol. The largest absolute Gasteiger partial charge is 0.449 e. The van der Waals surface area contributed by atoms with Gasteiger partial charge in [-0.15, -0.1) is 0 Å². The van der Waals surface area contributed by atoms with Gasteiger partial charge in [-0.3, -0.25) is 10.1 Å². The van der Waals surface area contributed by atoms with Gasteiger partial charge in [0, 0.05) is 23.1 Å². The Morgan fingerprint density at radius 2 is 1.68 bits per heavy atom. The normalized spacial score (nSPS) is 11.8. The molecule has 0 aliphatic rings. The van der Waals surface area contributed by atoms with Gasteiger partial charge in [0.25, 0.3) is 5.91 Å². The van der Waals surface area contributed by atoms with Crippen LogP contribution in [0.15, 0.2) is 30.3 Å². The average molecular weight is 385 g/mol. The van der Waals surface area contributed by atoms with Gasteiger partial charge < -0.3 is 14.6 Å². The summed E-state index contributed by atoms with van der Waals surface area (Å²) in [4.78, 5) is 36.3. The van der Waals surface area contributed by atoms with E-state index in [9.17, 15) is 14.4 Å². The Balaban J connectivity index is 2.15. The molecule has 0 aliphatic heterocycles. The molecule has 0 spiro atoms. The minimum Gasteiger partial charge on any atom is -0.449 e. The summed E-state index contributed by atoms with van der Waals surface area (Å²) in [6.45, 7) is 10.7. The van der Waals surface area contributed by atoms with E-state index in [1.807, 2.05) is 49.6 Å². The standard InChI is InChI=1S/C21H27N3O4/c1-12(2)22-21(27)23-19(25)16(6)28-20(26)17-11-14(4)24(15(17)5)18-10-8-7-9-13(18)3/h7-12,16H,1-6H3,(H2,22,23,25,27). The smallest absolute Gasteiger partial charge is 0.340 e. The fraction of sp³-hybridized carbons (Fsp3) is 0.381. The molecule has 0 saturated heterocycles. The van der Waals surface area contributed by atoms with Crippen LogP contribution in [0.5, 0.6) is 0 Å². The molecule has 0 aliphatic carbocycles. The van der Waals surface area contributed by atoms with Crippen LogP contribution in [0.1, 0.15) is 48.1 Å². The van der Waals surface area contributed by atoms with E-state index in [1.165, 1.54) is 6.92 Å². The van der Waals surface area contributed by atoms with Gasteiger partial charge >= 0.3 is 12.0 Å². The molecular weight excluding hydrogens is 358 g/mol. The van der Waals surface area contributed by atoms with Crippen molar-refractivity contribution in [1.82, 2.24) is 15.2 Å². The van der Waals surface area contributed by atoms with Crippen molar-refractivity contribution in [2.24, 2.45) is 0 Å². The first-order valence-electron chi connectivity index (χ1n) is 9.19. The summed E-state index contributed by atoms with van der Waals surface area (Å²) in [6, 6.07) is 8.87. The van der Waals surface area contributed by atoms with Crippen LogP contribution in [0.3, 0.4) is 0 Å². The molecule has 0 bridgehead atoms. The van der Waals surface area contributed by atoms with Crippen molar-refractivity contribution in [3.8, 4) is 5.69 Å². The summed E-state index contributed by atoms with van der Waals surface area (Å²) in [5, 5.41) is 4.70. The SMILES string of the molecule is Cc1ccccc1-n1c(C)cc(C(=O)OC(C)C(=O)NC(=O)NC(C)C)c1C. The number of aryl methyl sites for hydroxylation is 2. The van der Waals surface area contributed by atoms with Crippen LogP contribution < -0.4 is 10.6 Å². The number of aromatic nitrogens is 1. The summed E-state index contributed by atoms with van der Waals surface area (Å²) in [5.74, 6) is -1.29. The number of nitrogens with one attached hydrogen (secondary N) is 2. The Kier molecular flexibility index (Phi) is 6.62. The Morgan fingerprint density at radius 3 is 2.29 bits per heavy atom. The maximum atomic E-state index is 12.6. The predicted octanol–water partition coefficient (Wildman–Crippen LogP) is 3.18. The highest BCUT2D eigenvalue weighted by atomic mass is 16.5. The second-order valence-corrected chi connectivity index (χ2v) is 7.07. The van der Waals surface area contributed by atoms with Crippen molar-refractivity contribution >= 4 is 17.9 Å². The third-order valence-electron chi connectivity index (χ3n) is 4.32. The summed E-state index contributed by atoms with van der Waals surface area (Å²) in [6.07, 6.45) is -1.10. The molecule has 0 saturated carbocycles. The van der Waals surface area contributed by atoms with Crippen molar-refractivity contribution in [1.29, 1.82) is 0 Å². The van der Waals surface area contributed by atoms with Crippen LogP contribution in [0.25, 0.3) is 5.69 Å². The van der Waals surface area contributed by atoms with Gasteiger partial charge in [0.15, 0.2) is 6.10 Å². The van der Waals surface area contributed by atoms with Crippen molar-refractivity contribution in [3.05, 3.63) is 52.8 Å². The maximum Gasteiger partial charge on any atom is 0.340 e. The van der Waals surface area contributed by atoms with E-state index in [2.05, 4.69) is 10.6 Å². The Hall–Kier alpha value is -3.09. The van der Waals surface area contributed by atoms with Gasteiger partial charge in [0.1, 0.15) is 0 Å². The van der Waals surface area contributed by atoms with Crippen molar-refractivity contribution in [2.45, 2.75) is 53.7 Å². The van der Waals surface area contributed by atoms with E-state index in [4.69, 9.17) is 4.74 Å². The lowest BCUT2D eigenvalue weighted by atomic mass is 10.2. The van der Waals surface area contributed by atoms with Gasteiger partial charge in [-0.1, -0.05) is 18.2 Å². The van der Waals surface area contributed by atoms with E-state index < -0.39 is 24.0 Å². The molecule has 2 aromatic rings. The molecule has 3 amide bonds. The first-order chi connectivity index (χ1) is 13.1. The number of carbonyl (C=O) groups excluding carboxylic acids is 3. The Bertz CT molecular complexity index is 899. The molecule has 1 aromatic carbocycles. The molecule has 1 aromatic heterocycles. The zero-order chi connectivity index (χ0) is 21.0. The lowest BCUT2D eigenvalue weighted by Gasteiger charge is -2.15. The number of carbonyl (C=O) groups is 3. The highest BCUT2D eigenvalue weighted by Crippen LogP contribution is 2.24. The van der Waals surface area contributed by atoms with Crippen LogP contribution >= 0.6 is 0 Å². The van der Waals surface area contributed by atoms with E-state index in [0.717, 1.165) is 22.6 Å². The number of ether oxygens (including phenoxy) is 1. The Morgan fingerprint density at radius 1 is 1.04 bits per heavy atom. The van der Waals surface area contributed by atoms with E-state index in [1.54, 1.807) is 19.9 Å². The lowest BCUT2D eigenvalue weighted by molar-refractivity contribution is -0.127. The third-order valence-corrected chi connectivity index (χ3v) is 4.32. The summed E-state index contributed by atoms with van der Waals surface area (Å²) in [5.41, 5.74) is 4.04. The fourth-order valence-electron chi connectivity index (χ4n) is 2.94. The quantitative estimate of drug-likeness (QED) is 0.774. The zero-order valence-electron chi connectivity index (χ0n) is 17.1. The number of nitrogens with zero attached hydrogens (tertiary/aromatic N) is 1. The van der Waals surface area contributed by atoms with Crippen LogP contribution in [0.2, 0.25) is 0 Å². The second kappa shape index (κ2) is 8.73. The molecule has 150 valence electrons. The van der Waals surface area contributed by atoms with Crippen LogP contribution in [-0.4, -0.2) is 34.6 Å². The predicted molar refractivity (Wildman–Crippen MR) is 107 cm³/mol. The molecule has 28 heavy (non-hydrogen) atoms. The summed E-state index contributed by atoms with van der Waals surface area (Å²) in [7, 11) is 0. The van der Waals surface area contributed by atoms with Gasteiger partial charge in [-0.05, 0) is 59.2 Å². The fourth-order valence-corrected chi connectivity index (χ4v) is 2.94. The van der Waals surface area contributed by atoms with Crippen LogP contribution in [-0.2, 0) is 9.53 Å². The van der Waals surface area contributed by atoms with Gasteiger partial charge in [-0.2, -0.15) is 0 Å². The first-order valence-corrected chi connectivity index (χ1v) is 9.19. The highest BCUT2D eigenvalue weighted by Gasteiger charge is 2.24. The van der Waals surface area contributed by atoms with Crippen molar-refractivity contribution < 1.29 is 19.1 Å². The van der Waals surface area contributed by atoms with Crippen molar-refractivity contribution in [3.63, 3.8) is 0 Å². The molecule has 7 heteroatoms. The van der Waals surface area contributed by atoms with Gasteiger partial charge in [-0.25, -0.2) is 9.59 Å². The number of esters is 1. The average Bonchev–Trinajstić information content (AvgIpc) is 2.89. The topological polar surface area (TPSA) is 89.4 Å².